The fourth-order valence-corrected chi connectivity index (χ4v) is 4.36. The molecule has 2 aromatic rings. The summed E-state index contributed by atoms with van der Waals surface area (Å²) in [7, 11) is -9.01. The predicted molar refractivity (Wildman–Crippen MR) is 131 cm³/mol. The standard InChI is InChI=1S/C23H23N3O8S2.2Na/c1-4-25(12-13-35(28,29)30)19-7-6-17(16(3)14-19)15-21-22(34-5-2)24-26(23(21)27)18-8-10-20(11-9-18)36(31,32)33;;/h2,6-11,14-15H,4,12-13H2,1,3H3,(H,28,29,30)(H,31,32,33);;/q;2*+1/p-2/b21-15-;;. The van der Waals surface area contributed by atoms with E-state index in [1.165, 1.54) is 18.2 Å². The van der Waals surface area contributed by atoms with E-state index in [0.29, 0.717) is 17.8 Å². The number of benzene rings is 2. The molecule has 3 rings (SSSR count). The van der Waals surface area contributed by atoms with Crippen LogP contribution in [0.1, 0.15) is 18.1 Å². The second kappa shape index (κ2) is 14.1. The minimum Gasteiger partial charge on any atom is -0.748 e. The maximum atomic E-state index is 13.1. The number of hydrogen-bond acceptors (Lipinski definition) is 10. The number of ether oxygens (including phenoxy) is 1. The molecule has 0 unspecified atom stereocenters. The van der Waals surface area contributed by atoms with Crippen molar-refractivity contribution in [2.75, 3.05) is 28.8 Å². The van der Waals surface area contributed by atoms with Crippen LogP contribution in [-0.2, 0) is 29.8 Å². The molecule has 0 bridgehead atoms. The summed E-state index contributed by atoms with van der Waals surface area (Å²) in [6, 6.07) is 9.84. The van der Waals surface area contributed by atoms with Crippen molar-refractivity contribution in [2.45, 2.75) is 18.7 Å². The topological polar surface area (TPSA) is 160 Å². The molecule has 1 amide bonds. The van der Waals surface area contributed by atoms with E-state index in [0.717, 1.165) is 22.7 Å². The van der Waals surface area contributed by atoms with Crippen LogP contribution in [0, 0.1) is 19.5 Å². The molecule has 0 aliphatic carbocycles. The number of hydrazone groups is 1. The molecule has 1 aliphatic rings. The van der Waals surface area contributed by atoms with E-state index in [1.807, 2.05) is 13.0 Å². The van der Waals surface area contributed by atoms with Crippen molar-refractivity contribution >= 4 is 49.5 Å². The summed E-state index contributed by atoms with van der Waals surface area (Å²) >= 11 is 0. The average molecular weight is 578 g/mol. The minimum atomic E-state index is -4.66. The van der Waals surface area contributed by atoms with Crippen molar-refractivity contribution in [3.05, 3.63) is 59.2 Å². The smallest absolute Gasteiger partial charge is 0.748 e. The van der Waals surface area contributed by atoms with Gasteiger partial charge in [0.15, 0.2) is 0 Å². The molecule has 15 heteroatoms. The summed E-state index contributed by atoms with van der Waals surface area (Å²) in [4.78, 5) is 14.4. The van der Waals surface area contributed by atoms with E-state index in [2.05, 4.69) is 5.10 Å². The number of nitrogens with zero attached hydrogens (tertiary/aromatic N) is 3. The van der Waals surface area contributed by atoms with Crippen molar-refractivity contribution in [3.8, 4) is 12.5 Å². The van der Waals surface area contributed by atoms with Crippen LogP contribution in [0.5, 0.6) is 0 Å². The molecule has 1 aliphatic heterocycles. The first-order valence-electron chi connectivity index (χ1n) is 10.5. The Balaban J connectivity index is 0.00000361. The Morgan fingerprint density at radius 3 is 2.24 bits per heavy atom. The zero-order valence-electron chi connectivity index (χ0n) is 21.2. The van der Waals surface area contributed by atoms with Crippen LogP contribution in [0.15, 0.2) is 58.0 Å². The van der Waals surface area contributed by atoms with Crippen molar-refractivity contribution in [1.82, 2.24) is 0 Å². The van der Waals surface area contributed by atoms with Crippen LogP contribution in [0.4, 0.5) is 11.4 Å². The first-order valence-corrected chi connectivity index (χ1v) is 13.5. The molecule has 190 valence electrons. The maximum absolute atomic E-state index is 13.1. The van der Waals surface area contributed by atoms with Gasteiger partial charge in [-0.25, -0.2) is 16.8 Å². The average Bonchev–Trinajstić information content (AvgIpc) is 3.10. The number of aryl methyl sites for hydroxylation is 1. The molecule has 38 heavy (non-hydrogen) atoms. The van der Waals surface area contributed by atoms with Gasteiger partial charge in [0.05, 0.1) is 26.5 Å². The van der Waals surface area contributed by atoms with E-state index in [4.69, 9.17) is 11.2 Å². The van der Waals surface area contributed by atoms with Gasteiger partial charge in [-0.1, -0.05) is 12.5 Å². The molecule has 0 atom stereocenters. The third-order valence-corrected chi connectivity index (χ3v) is 6.81. The number of amides is 1. The van der Waals surface area contributed by atoms with Gasteiger partial charge in [-0.15, -0.1) is 5.10 Å². The van der Waals surface area contributed by atoms with E-state index >= 15 is 0 Å². The van der Waals surface area contributed by atoms with E-state index < -0.39 is 36.8 Å². The second-order valence-electron chi connectivity index (χ2n) is 7.63. The predicted octanol–water partition coefficient (Wildman–Crippen LogP) is -4.37. The number of hydrogen-bond donors (Lipinski definition) is 0. The Morgan fingerprint density at radius 2 is 1.74 bits per heavy atom. The number of anilines is 2. The SMILES string of the molecule is C#COC1=NN(c2ccc(S(=O)(=O)[O-])cc2)C(=O)/C1=C\c1ccc(N(CC)CCS(=O)(=O)[O-])cc1C.[Na+].[Na+]. The summed E-state index contributed by atoms with van der Waals surface area (Å²) < 4.78 is 71.6. The molecule has 0 saturated carbocycles. The molecule has 0 radical (unpaired) electrons. The summed E-state index contributed by atoms with van der Waals surface area (Å²) in [5.41, 5.74) is 2.28. The third-order valence-electron chi connectivity index (χ3n) is 5.28. The van der Waals surface area contributed by atoms with Gasteiger partial charge in [0.2, 0.25) is 0 Å². The Kier molecular flexibility index (Phi) is 12.7. The number of carbonyl (C=O) groups is 1. The van der Waals surface area contributed by atoms with Gasteiger partial charge < -0.3 is 18.7 Å². The molecular formula is C23H21N3Na2O8S2. The van der Waals surface area contributed by atoms with Crippen molar-refractivity contribution in [1.29, 1.82) is 0 Å². The van der Waals surface area contributed by atoms with Gasteiger partial charge in [-0.3, -0.25) is 4.79 Å². The molecule has 0 saturated heterocycles. The number of carbonyl (C=O) groups excluding carboxylic acids is 1. The summed E-state index contributed by atoms with van der Waals surface area (Å²) in [5.74, 6) is -1.28. The van der Waals surface area contributed by atoms with E-state index in [-0.39, 0.29) is 82.8 Å². The largest absolute Gasteiger partial charge is 1.00 e. The van der Waals surface area contributed by atoms with Crippen molar-refractivity contribution < 1.29 is 94.6 Å². The quantitative estimate of drug-likeness (QED) is 0.131. The molecule has 0 aromatic heterocycles. The minimum absolute atomic E-state index is 0. The summed E-state index contributed by atoms with van der Waals surface area (Å²) in [5, 5.41) is 5.04. The normalized spacial score (nSPS) is 14.3. The number of terminal acetylenes is 1. The van der Waals surface area contributed by atoms with Crippen molar-refractivity contribution in [2.24, 2.45) is 5.10 Å². The first-order chi connectivity index (χ1) is 16.8. The van der Waals surface area contributed by atoms with Crippen LogP contribution in [0.3, 0.4) is 0 Å². The Hall–Kier alpha value is -1.70. The van der Waals surface area contributed by atoms with Crippen LogP contribution in [0.2, 0.25) is 0 Å². The Morgan fingerprint density at radius 1 is 1.11 bits per heavy atom. The summed E-state index contributed by atoms with van der Waals surface area (Å²) in [6.07, 6.45) is 8.72. The first kappa shape index (κ1) is 34.3. The van der Waals surface area contributed by atoms with E-state index in [9.17, 15) is 30.7 Å². The monoisotopic (exact) mass is 577 g/mol. The van der Waals surface area contributed by atoms with Crippen LogP contribution in [-0.4, -0.2) is 56.6 Å². The third kappa shape index (κ3) is 8.65. The molecule has 11 nitrogen and oxygen atoms in total. The fraction of sp³-hybridized carbons (Fsp3) is 0.217. The second-order valence-corrected chi connectivity index (χ2v) is 10.5. The zero-order valence-corrected chi connectivity index (χ0v) is 26.9. The van der Waals surface area contributed by atoms with Crippen LogP contribution < -0.4 is 69.0 Å². The summed E-state index contributed by atoms with van der Waals surface area (Å²) in [6.45, 7) is 4.12. The van der Waals surface area contributed by atoms with Gasteiger partial charge in [-0.2, -0.15) is 5.01 Å². The Bertz CT molecular complexity index is 1500. The molecule has 2 aromatic carbocycles. The van der Waals surface area contributed by atoms with Crippen LogP contribution >= 0.6 is 0 Å². The van der Waals surface area contributed by atoms with Crippen molar-refractivity contribution in [3.63, 3.8) is 0 Å². The van der Waals surface area contributed by atoms with Gasteiger partial charge in [0.1, 0.15) is 21.8 Å². The van der Waals surface area contributed by atoms with Gasteiger partial charge in [0, 0.05) is 18.8 Å². The Labute approximate surface area is 266 Å². The maximum Gasteiger partial charge on any atom is 1.00 e. The zero-order chi connectivity index (χ0) is 26.7. The molecule has 0 N–H and O–H groups in total. The van der Waals surface area contributed by atoms with Crippen LogP contribution in [0.25, 0.3) is 6.08 Å². The fourth-order valence-electron chi connectivity index (χ4n) is 3.45. The number of rotatable bonds is 8. The molecule has 0 fully saturated rings. The van der Waals surface area contributed by atoms with Gasteiger partial charge in [-0.05, 0) is 67.4 Å². The van der Waals surface area contributed by atoms with E-state index in [1.54, 1.807) is 30.0 Å². The van der Waals surface area contributed by atoms with Gasteiger partial charge in [0.25, 0.3) is 11.8 Å². The molecule has 1 heterocycles. The molecule has 0 spiro atoms. The van der Waals surface area contributed by atoms with Gasteiger partial charge >= 0.3 is 59.1 Å². The molecular weight excluding hydrogens is 556 g/mol.